The van der Waals surface area contributed by atoms with Crippen LogP contribution in [0.2, 0.25) is 0 Å². The molecule has 0 fully saturated rings. The Kier molecular flexibility index (Phi) is 8.18. The summed E-state index contributed by atoms with van der Waals surface area (Å²) in [7, 11) is -3.62. The third-order valence-corrected chi connectivity index (χ3v) is 3.18. The first-order chi connectivity index (χ1) is 9.26. The predicted octanol–water partition coefficient (Wildman–Crippen LogP) is -0.205. The lowest BCUT2D eigenvalue weighted by Gasteiger charge is -2.04. The molecular weight excluding hydrogens is 284 g/mol. The van der Waals surface area contributed by atoms with Gasteiger partial charge in [0.1, 0.15) is 6.54 Å². The molecule has 0 aliphatic heterocycles. The van der Waals surface area contributed by atoms with Crippen molar-refractivity contribution in [1.29, 1.82) is 0 Å². The average Bonchev–Trinajstić information content (AvgIpc) is 2.34. The van der Waals surface area contributed by atoms with Gasteiger partial charge >= 0.3 is 5.97 Å². The van der Waals surface area contributed by atoms with Gasteiger partial charge in [0.2, 0.25) is 15.9 Å². The molecule has 0 aromatic rings. The zero-order valence-corrected chi connectivity index (χ0v) is 11.9. The van der Waals surface area contributed by atoms with Crippen LogP contribution in [0, 0.1) is 0 Å². The summed E-state index contributed by atoms with van der Waals surface area (Å²) in [5.74, 6) is -2.18. The van der Waals surface area contributed by atoms with Gasteiger partial charge in [-0.1, -0.05) is 36.5 Å². The summed E-state index contributed by atoms with van der Waals surface area (Å²) in [6.45, 7) is 4.25. The van der Waals surface area contributed by atoms with Crippen molar-refractivity contribution in [3.05, 3.63) is 36.5 Å². The lowest BCUT2D eigenvalue weighted by molar-refractivity contribution is -0.137. The van der Waals surface area contributed by atoms with E-state index in [1.165, 1.54) is 6.08 Å². The molecule has 0 aliphatic rings. The van der Waals surface area contributed by atoms with Crippen LogP contribution < -0.4 is 10.0 Å². The zero-order chi connectivity index (χ0) is 15.6. The van der Waals surface area contributed by atoms with Gasteiger partial charge in [-0.15, -0.1) is 0 Å². The van der Waals surface area contributed by atoms with Gasteiger partial charge in [-0.05, 0) is 6.92 Å². The Bertz CT molecular complexity index is 520. The smallest absolute Gasteiger partial charge is 0.322 e. The van der Waals surface area contributed by atoms with Crippen LogP contribution >= 0.6 is 0 Å². The molecule has 0 aromatic heterocycles. The zero-order valence-electron chi connectivity index (χ0n) is 11.1. The maximum Gasteiger partial charge on any atom is 0.322 e. The van der Waals surface area contributed by atoms with Crippen molar-refractivity contribution in [2.75, 3.05) is 18.8 Å². The minimum Gasteiger partial charge on any atom is -0.480 e. The number of hydrogen-bond acceptors (Lipinski definition) is 4. The minimum absolute atomic E-state index is 0.276. The molecule has 0 atom stereocenters. The van der Waals surface area contributed by atoms with Crippen molar-refractivity contribution >= 4 is 21.9 Å². The second-order valence-corrected chi connectivity index (χ2v) is 5.67. The van der Waals surface area contributed by atoms with Crippen LogP contribution in [-0.2, 0) is 19.6 Å². The van der Waals surface area contributed by atoms with E-state index in [-0.39, 0.29) is 5.75 Å². The van der Waals surface area contributed by atoms with Crippen molar-refractivity contribution in [3.8, 4) is 0 Å². The molecular formula is C12H18N2O5S. The summed E-state index contributed by atoms with van der Waals surface area (Å²) in [6, 6.07) is 0. The number of nitrogens with one attached hydrogen (secondary N) is 2. The highest BCUT2D eigenvalue weighted by molar-refractivity contribution is 7.89. The summed E-state index contributed by atoms with van der Waals surface area (Å²) in [5.41, 5.74) is 0.842. The maximum atomic E-state index is 11.5. The number of carbonyl (C=O) groups excluding carboxylic acids is 1. The number of amides is 1. The van der Waals surface area contributed by atoms with Crippen LogP contribution in [0.25, 0.3) is 0 Å². The number of carboxylic acids is 1. The lowest BCUT2D eigenvalue weighted by atomic mass is 10.2. The Morgan fingerprint density at radius 3 is 2.50 bits per heavy atom. The number of carboxylic acid groups (broad SMARTS) is 1. The van der Waals surface area contributed by atoms with Crippen molar-refractivity contribution < 1.29 is 23.1 Å². The highest BCUT2D eigenvalue weighted by atomic mass is 32.2. The van der Waals surface area contributed by atoms with Crippen LogP contribution in [0.1, 0.15) is 6.92 Å². The molecule has 0 unspecified atom stereocenters. The number of sulfonamides is 1. The van der Waals surface area contributed by atoms with Crippen LogP contribution in [0.15, 0.2) is 36.5 Å². The van der Waals surface area contributed by atoms with Gasteiger partial charge in [-0.25, -0.2) is 13.1 Å². The van der Waals surface area contributed by atoms with E-state index >= 15 is 0 Å². The summed E-state index contributed by atoms with van der Waals surface area (Å²) < 4.78 is 25.1. The first-order valence-electron chi connectivity index (χ1n) is 5.68. The molecule has 1 amide bonds. The number of rotatable bonds is 9. The molecule has 0 aliphatic carbocycles. The van der Waals surface area contributed by atoms with Gasteiger partial charge in [-0.2, -0.15) is 0 Å². The summed E-state index contributed by atoms with van der Waals surface area (Å²) in [5, 5.41) is 10.4. The molecule has 3 N–H and O–H groups in total. The van der Waals surface area contributed by atoms with E-state index in [2.05, 4.69) is 11.3 Å². The van der Waals surface area contributed by atoms with E-state index in [1.54, 1.807) is 25.2 Å². The Morgan fingerprint density at radius 1 is 1.30 bits per heavy atom. The molecule has 0 bridgehead atoms. The SMILES string of the molecule is C=C/C=C(C)\C=C/CS(=O)(=O)NCC(=O)NCC(=O)O. The molecule has 0 heterocycles. The fraction of sp³-hybridized carbons (Fsp3) is 0.333. The summed E-state index contributed by atoms with van der Waals surface area (Å²) in [6.07, 6.45) is 6.35. The average molecular weight is 302 g/mol. The molecule has 7 nitrogen and oxygen atoms in total. The quantitative estimate of drug-likeness (QED) is 0.510. The van der Waals surface area contributed by atoms with Crippen LogP contribution in [-0.4, -0.2) is 44.2 Å². The van der Waals surface area contributed by atoms with Crippen molar-refractivity contribution in [3.63, 3.8) is 0 Å². The molecule has 0 spiro atoms. The van der Waals surface area contributed by atoms with Gasteiger partial charge in [0.05, 0.1) is 12.3 Å². The normalized spacial score (nSPS) is 12.3. The van der Waals surface area contributed by atoms with E-state index < -0.39 is 35.0 Å². The Hall–Kier alpha value is -1.93. The van der Waals surface area contributed by atoms with E-state index in [0.717, 1.165) is 5.57 Å². The number of allylic oxidation sites excluding steroid dienone is 4. The molecule has 112 valence electrons. The molecule has 0 aromatic carbocycles. The third kappa shape index (κ3) is 10.0. The van der Waals surface area contributed by atoms with Crippen LogP contribution in [0.3, 0.4) is 0 Å². The van der Waals surface area contributed by atoms with Gasteiger partial charge < -0.3 is 10.4 Å². The van der Waals surface area contributed by atoms with E-state index in [0.29, 0.717) is 0 Å². The Labute approximate surface area is 118 Å². The van der Waals surface area contributed by atoms with Gasteiger partial charge in [0.25, 0.3) is 0 Å². The van der Waals surface area contributed by atoms with E-state index in [1.807, 2.05) is 5.32 Å². The van der Waals surface area contributed by atoms with Crippen molar-refractivity contribution in [2.24, 2.45) is 0 Å². The fourth-order valence-corrected chi connectivity index (χ4v) is 1.89. The second-order valence-electron chi connectivity index (χ2n) is 3.82. The number of aliphatic carboxylic acids is 1. The topological polar surface area (TPSA) is 113 Å². The minimum atomic E-state index is -3.62. The van der Waals surface area contributed by atoms with Gasteiger partial charge in [0.15, 0.2) is 0 Å². The molecule has 8 heteroatoms. The summed E-state index contributed by atoms with van der Waals surface area (Å²) >= 11 is 0. The first-order valence-corrected chi connectivity index (χ1v) is 7.33. The predicted molar refractivity (Wildman–Crippen MR) is 75.5 cm³/mol. The van der Waals surface area contributed by atoms with Crippen LogP contribution in [0.5, 0.6) is 0 Å². The van der Waals surface area contributed by atoms with Crippen molar-refractivity contribution in [2.45, 2.75) is 6.92 Å². The van der Waals surface area contributed by atoms with E-state index in [9.17, 15) is 18.0 Å². The van der Waals surface area contributed by atoms with Crippen molar-refractivity contribution in [1.82, 2.24) is 10.0 Å². The highest BCUT2D eigenvalue weighted by Gasteiger charge is 2.10. The molecule has 0 saturated carbocycles. The third-order valence-electron chi connectivity index (χ3n) is 1.97. The van der Waals surface area contributed by atoms with Crippen LogP contribution in [0.4, 0.5) is 0 Å². The largest absolute Gasteiger partial charge is 0.480 e. The Balaban J connectivity index is 4.20. The lowest BCUT2D eigenvalue weighted by Crippen LogP contribution is -2.39. The monoisotopic (exact) mass is 302 g/mol. The standard InChI is InChI=1S/C12H18N2O5S/c1-3-5-10(2)6-4-7-20(18,19)14-8-11(15)13-9-12(16)17/h3-6,14H,1,7-9H2,2H3,(H,13,15)(H,16,17)/b6-4-,10-5-. The molecule has 0 rings (SSSR count). The van der Waals surface area contributed by atoms with E-state index in [4.69, 9.17) is 5.11 Å². The molecule has 20 heavy (non-hydrogen) atoms. The summed E-state index contributed by atoms with van der Waals surface area (Å²) in [4.78, 5) is 21.3. The molecule has 0 radical (unpaired) electrons. The Morgan fingerprint density at radius 2 is 1.95 bits per heavy atom. The second kappa shape index (κ2) is 9.05. The molecule has 0 saturated heterocycles. The fourth-order valence-electron chi connectivity index (χ4n) is 1.07. The number of hydrogen-bond donors (Lipinski definition) is 3. The van der Waals surface area contributed by atoms with Gasteiger partial charge in [-0.3, -0.25) is 9.59 Å². The first kappa shape index (κ1) is 18.1. The van der Waals surface area contributed by atoms with Gasteiger partial charge in [0, 0.05) is 0 Å². The highest BCUT2D eigenvalue weighted by Crippen LogP contribution is 1.96. The number of carbonyl (C=O) groups is 2. The maximum absolute atomic E-state index is 11.5.